The second-order valence-corrected chi connectivity index (χ2v) is 10.6. The van der Waals surface area contributed by atoms with Crippen LogP contribution < -0.4 is 16.0 Å². The first kappa shape index (κ1) is 29.1. The van der Waals surface area contributed by atoms with Crippen molar-refractivity contribution in [3.8, 4) is 0 Å². The van der Waals surface area contributed by atoms with Crippen molar-refractivity contribution < 1.29 is 29.1 Å². The second-order valence-electron chi connectivity index (χ2n) is 10.6. The molecule has 0 radical (unpaired) electrons. The van der Waals surface area contributed by atoms with Crippen molar-refractivity contribution in [1.82, 2.24) is 25.8 Å². The molecule has 2 fully saturated rings. The number of rotatable bonds is 10. The van der Waals surface area contributed by atoms with Gasteiger partial charge in [0.1, 0.15) is 6.04 Å². The van der Waals surface area contributed by atoms with Crippen molar-refractivity contribution in [2.24, 2.45) is 5.41 Å². The molecule has 2 aliphatic rings. The van der Waals surface area contributed by atoms with E-state index in [-0.39, 0.29) is 30.3 Å². The van der Waals surface area contributed by atoms with Gasteiger partial charge in [-0.1, -0.05) is 33.8 Å². The molecule has 0 unspecified atom stereocenters. The fraction of sp³-hybridized carbons (Fsp3) is 0.720. The number of hydrogen-bond donors (Lipinski definition) is 4. The summed E-state index contributed by atoms with van der Waals surface area (Å²) in [6.07, 6.45) is 4.61. The van der Waals surface area contributed by atoms with Gasteiger partial charge >= 0.3 is 12.0 Å². The van der Waals surface area contributed by atoms with E-state index in [1.54, 1.807) is 11.8 Å². The lowest BCUT2D eigenvalue weighted by Crippen LogP contribution is -2.58. The van der Waals surface area contributed by atoms with Gasteiger partial charge in [0.2, 0.25) is 17.7 Å². The van der Waals surface area contributed by atoms with E-state index in [0.29, 0.717) is 38.9 Å². The summed E-state index contributed by atoms with van der Waals surface area (Å²) in [7, 11) is 0. The smallest absolute Gasteiger partial charge is 0.333 e. The molecule has 0 saturated carbocycles. The van der Waals surface area contributed by atoms with E-state index in [0.717, 1.165) is 12.8 Å². The SMILES string of the molecule is C=C[C@@](CC)(NC(=O)[C@@H]1CCCN1C(=O)CNC(=O)N[C@H](CN1CCCCC1=O)C(C)(C)C)C(=O)O. The van der Waals surface area contributed by atoms with Crippen LogP contribution in [0.25, 0.3) is 0 Å². The molecule has 2 aliphatic heterocycles. The Balaban J connectivity index is 1.96. The van der Waals surface area contributed by atoms with E-state index >= 15 is 0 Å². The first-order valence-electron chi connectivity index (χ1n) is 12.6. The molecule has 2 saturated heterocycles. The number of carbonyl (C=O) groups is 5. The van der Waals surface area contributed by atoms with Gasteiger partial charge in [-0.2, -0.15) is 0 Å². The van der Waals surface area contributed by atoms with Crippen LogP contribution in [0.1, 0.15) is 66.2 Å². The average molecular weight is 508 g/mol. The number of carbonyl (C=O) groups excluding carboxylic acids is 4. The highest BCUT2D eigenvalue weighted by atomic mass is 16.4. The summed E-state index contributed by atoms with van der Waals surface area (Å²) < 4.78 is 0. The van der Waals surface area contributed by atoms with Crippen LogP contribution in [0.3, 0.4) is 0 Å². The van der Waals surface area contributed by atoms with E-state index in [2.05, 4.69) is 22.5 Å². The summed E-state index contributed by atoms with van der Waals surface area (Å²) >= 11 is 0. The maximum atomic E-state index is 12.9. The lowest BCUT2D eigenvalue weighted by atomic mass is 9.86. The quantitative estimate of drug-likeness (QED) is 0.327. The average Bonchev–Trinajstić information content (AvgIpc) is 3.31. The largest absolute Gasteiger partial charge is 0.479 e. The Morgan fingerprint density at radius 1 is 1.17 bits per heavy atom. The zero-order valence-electron chi connectivity index (χ0n) is 21.9. The van der Waals surface area contributed by atoms with Crippen LogP contribution in [-0.4, -0.2) is 88.4 Å². The van der Waals surface area contributed by atoms with E-state index in [1.807, 2.05) is 20.8 Å². The highest BCUT2D eigenvalue weighted by Crippen LogP contribution is 2.23. The molecule has 2 heterocycles. The maximum Gasteiger partial charge on any atom is 0.333 e. The van der Waals surface area contributed by atoms with Gasteiger partial charge < -0.3 is 30.9 Å². The number of aliphatic carboxylic acids is 1. The molecule has 0 aromatic rings. The number of nitrogens with zero attached hydrogens (tertiary/aromatic N) is 2. The third kappa shape index (κ3) is 7.20. The van der Waals surface area contributed by atoms with Crippen molar-refractivity contribution in [2.75, 3.05) is 26.2 Å². The Morgan fingerprint density at radius 3 is 2.42 bits per heavy atom. The monoisotopic (exact) mass is 507 g/mol. The van der Waals surface area contributed by atoms with Crippen molar-refractivity contribution in [2.45, 2.75) is 83.8 Å². The molecule has 11 heteroatoms. The van der Waals surface area contributed by atoms with Crippen LogP contribution in [0.15, 0.2) is 12.7 Å². The first-order valence-corrected chi connectivity index (χ1v) is 12.6. The number of likely N-dealkylation sites (tertiary alicyclic amines) is 2. The summed E-state index contributed by atoms with van der Waals surface area (Å²) in [6.45, 7) is 12.2. The highest BCUT2D eigenvalue weighted by molar-refractivity contribution is 5.94. The number of piperidine rings is 1. The number of amides is 5. The topological polar surface area (TPSA) is 148 Å². The van der Waals surface area contributed by atoms with Crippen molar-refractivity contribution in [1.29, 1.82) is 0 Å². The first-order chi connectivity index (χ1) is 16.8. The molecule has 0 bridgehead atoms. The van der Waals surface area contributed by atoms with Crippen LogP contribution in [0, 0.1) is 5.41 Å². The number of hydrogen-bond acceptors (Lipinski definition) is 5. The van der Waals surface area contributed by atoms with E-state index < -0.39 is 35.4 Å². The molecular weight excluding hydrogens is 466 g/mol. The van der Waals surface area contributed by atoms with Gasteiger partial charge in [-0.05, 0) is 37.5 Å². The van der Waals surface area contributed by atoms with Crippen LogP contribution >= 0.6 is 0 Å². The Kier molecular flexibility index (Phi) is 9.89. The number of carboxylic acid groups (broad SMARTS) is 1. The molecule has 36 heavy (non-hydrogen) atoms. The predicted molar refractivity (Wildman–Crippen MR) is 134 cm³/mol. The van der Waals surface area contributed by atoms with Gasteiger partial charge in [0.25, 0.3) is 0 Å². The second kappa shape index (κ2) is 12.2. The summed E-state index contributed by atoms with van der Waals surface area (Å²) in [5, 5.41) is 17.5. The van der Waals surface area contributed by atoms with Gasteiger partial charge in [-0.3, -0.25) is 14.4 Å². The molecule has 0 aromatic heterocycles. The Bertz CT molecular complexity index is 869. The van der Waals surface area contributed by atoms with Gasteiger partial charge in [-0.25, -0.2) is 9.59 Å². The molecule has 0 aromatic carbocycles. The minimum Gasteiger partial charge on any atom is -0.479 e. The minimum atomic E-state index is -1.61. The third-order valence-electron chi connectivity index (χ3n) is 7.09. The van der Waals surface area contributed by atoms with Crippen LogP contribution in [0.2, 0.25) is 0 Å². The zero-order chi connectivity index (χ0) is 27.1. The highest BCUT2D eigenvalue weighted by Gasteiger charge is 2.41. The zero-order valence-corrected chi connectivity index (χ0v) is 21.9. The van der Waals surface area contributed by atoms with Crippen LogP contribution in [0.4, 0.5) is 4.79 Å². The van der Waals surface area contributed by atoms with Crippen molar-refractivity contribution in [3.05, 3.63) is 12.7 Å². The van der Waals surface area contributed by atoms with E-state index in [4.69, 9.17) is 0 Å². The van der Waals surface area contributed by atoms with Crippen LogP contribution in [-0.2, 0) is 19.2 Å². The molecule has 3 atom stereocenters. The lowest BCUT2D eigenvalue weighted by molar-refractivity contribution is -0.147. The Morgan fingerprint density at radius 2 is 1.86 bits per heavy atom. The molecule has 202 valence electrons. The fourth-order valence-electron chi connectivity index (χ4n) is 4.49. The van der Waals surface area contributed by atoms with Gasteiger partial charge in [0.05, 0.1) is 12.6 Å². The Hall–Kier alpha value is -3.11. The molecule has 0 aliphatic carbocycles. The molecule has 2 rings (SSSR count). The maximum absolute atomic E-state index is 12.9. The molecule has 5 amide bonds. The van der Waals surface area contributed by atoms with Gasteiger partial charge in [0, 0.05) is 26.1 Å². The molecule has 11 nitrogen and oxygen atoms in total. The molecular formula is C25H41N5O6. The molecule has 4 N–H and O–H groups in total. The van der Waals surface area contributed by atoms with E-state index in [1.165, 1.54) is 11.0 Å². The number of carboxylic acids is 1. The number of nitrogens with one attached hydrogen (secondary N) is 3. The third-order valence-corrected chi connectivity index (χ3v) is 7.09. The van der Waals surface area contributed by atoms with Crippen molar-refractivity contribution in [3.63, 3.8) is 0 Å². The van der Waals surface area contributed by atoms with Crippen molar-refractivity contribution >= 4 is 29.7 Å². The van der Waals surface area contributed by atoms with Gasteiger partial charge in [0.15, 0.2) is 5.54 Å². The van der Waals surface area contributed by atoms with E-state index in [9.17, 15) is 29.1 Å². The minimum absolute atomic E-state index is 0.0812. The summed E-state index contributed by atoms with van der Waals surface area (Å²) in [4.78, 5) is 65.4. The fourth-order valence-corrected chi connectivity index (χ4v) is 4.49. The normalized spacial score (nSPS) is 20.8. The number of urea groups is 1. The summed E-state index contributed by atoms with van der Waals surface area (Å²) in [6, 6.07) is -1.67. The Labute approximate surface area is 213 Å². The standard InChI is InChI=1S/C25H41N5O6/c1-6-25(7-2,22(34)35)28-21(33)17-11-10-14-30(17)20(32)15-26-23(36)27-18(24(3,4)5)16-29-13-9-8-12-19(29)31/h6,17-18H,1,7-16H2,2-5H3,(H,28,33)(H,34,35)(H2,26,27,36)/t17-,18+,25-/m0/s1. The van der Waals surface area contributed by atoms with Crippen LogP contribution in [0.5, 0.6) is 0 Å². The molecule has 0 spiro atoms. The summed E-state index contributed by atoms with van der Waals surface area (Å²) in [5.74, 6) is -2.13. The lowest BCUT2D eigenvalue weighted by Gasteiger charge is -2.37. The summed E-state index contributed by atoms with van der Waals surface area (Å²) in [5.41, 5.74) is -1.93. The van der Waals surface area contributed by atoms with Gasteiger partial charge in [-0.15, -0.1) is 6.58 Å². The predicted octanol–water partition coefficient (Wildman–Crippen LogP) is 1.24.